The van der Waals surface area contributed by atoms with Crippen molar-refractivity contribution >= 4 is 41.5 Å². The van der Waals surface area contributed by atoms with Crippen LogP contribution in [0.1, 0.15) is 12.5 Å². The van der Waals surface area contributed by atoms with Gasteiger partial charge in [0.15, 0.2) is 0 Å². The maximum absolute atomic E-state index is 11.8. The fourth-order valence-electron chi connectivity index (χ4n) is 1.77. The van der Waals surface area contributed by atoms with Gasteiger partial charge in [-0.25, -0.2) is 9.59 Å². The number of carbonyl (C=O) groups excluding carboxylic acids is 2. The summed E-state index contributed by atoms with van der Waals surface area (Å²) >= 11 is 2.47. The molecule has 0 bridgehead atoms. The highest BCUT2D eigenvalue weighted by Crippen LogP contribution is 2.51. The van der Waals surface area contributed by atoms with E-state index in [4.69, 9.17) is 9.47 Å². The minimum Gasteiger partial charge on any atom is -0.465 e. The summed E-state index contributed by atoms with van der Waals surface area (Å²) in [4.78, 5) is 24.2. The lowest BCUT2D eigenvalue weighted by Crippen LogP contribution is -2.08. The van der Waals surface area contributed by atoms with E-state index in [1.807, 2.05) is 49.4 Å². The van der Waals surface area contributed by atoms with Crippen molar-refractivity contribution in [3.05, 3.63) is 61.6 Å². The molecule has 1 aromatic carbocycles. The Bertz CT molecular complexity index is 673. The van der Waals surface area contributed by atoms with Crippen molar-refractivity contribution in [3.63, 3.8) is 0 Å². The summed E-state index contributed by atoms with van der Waals surface area (Å²) in [6.45, 7) is 1.93. The number of ether oxygens (including phenoxy) is 2. The first-order valence-electron chi connectivity index (χ1n) is 6.77. The topological polar surface area (TPSA) is 52.6 Å². The molecule has 0 atom stereocenters. The van der Waals surface area contributed by atoms with Crippen LogP contribution in [-0.2, 0) is 19.1 Å². The molecule has 1 aromatic rings. The van der Waals surface area contributed by atoms with Gasteiger partial charge >= 0.3 is 11.9 Å². The van der Waals surface area contributed by atoms with Gasteiger partial charge in [-0.15, -0.1) is 0 Å². The lowest BCUT2D eigenvalue weighted by molar-refractivity contribution is -0.138. The molecule has 120 valence electrons. The molecule has 2 rings (SSSR count). The molecule has 1 aliphatic rings. The quantitative estimate of drug-likeness (QED) is 0.768. The number of hydrogen-bond acceptors (Lipinski definition) is 6. The standard InChI is InChI=1S/C17H16O4S2/c1-11(9-10-12-7-5-4-6-8-12)17-22-13(15(18)20-2)14(23-17)16(19)21-3/h4-10H,1-3H3/b10-9+. The van der Waals surface area contributed by atoms with Gasteiger partial charge in [-0.05, 0) is 18.1 Å². The number of rotatable bonds is 4. The molecule has 4 nitrogen and oxygen atoms in total. The van der Waals surface area contributed by atoms with Gasteiger partial charge in [-0.2, -0.15) is 0 Å². The van der Waals surface area contributed by atoms with Crippen LogP contribution in [0.5, 0.6) is 0 Å². The Hall–Kier alpha value is -1.92. The van der Waals surface area contributed by atoms with Crippen molar-refractivity contribution < 1.29 is 19.1 Å². The predicted molar refractivity (Wildman–Crippen MR) is 94.4 cm³/mol. The first-order chi connectivity index (χ1) is 11.1. The van der Waals surface area contributed by atoms with Gasteiger partial charge in [0.2, 0.25) is 0 Å². The summed E-state index contributed by atoms with van der Waals surface area (Å²) in [5.41, 5.74) is 2.04. The summed E-state index contributed by atoms with van der Waals surface area (Å²) in [7, 11) is 2.58. The number of hydrogen-bond donors (Lipinski definition) is 0. The van der Waals surface area contributed by atoms with E-state index in [0.29, 0.717) is 0 Å². The monoisotopic (exact) mass is 348 g/mol. The van der Waals surface area contributed by atoms with Crippen molar-refractivity contribution in [1.29, 1.82) is 0 Å². The first kappa shape index (κ1) is 17.4. The van der Waals surface area contributed by atoms with E-state index >= 15 is 0 Å². The van der Waals surface area contributed by atoms with E-state index in [1.165, 1.54) is 37.7 Å². The van der Waals surface area contributed by atoms with Gasteiger partial charge in [-0.3, -0.25) is 0 Å². The van der Waals surface area contributed by atoms with E-state index < -0.39 is 11.9 Å². The zero-order valence-corrected chi connectivity index (χ0v) is 14.6. The smallest absolute Gasteiger partial charge is 0.346 e. The molecule has 0 saturated carbocycles. The normalized spacial score (nSPS) is 14.3. The third-order valence-corrected chi connectivity index (χ3v) is 5.78. The SMILES string of the molecule is COC(=O)C1=C(C(=O)OC)SC(=C(C)/C=C/c2ccccc2)S1. The molecule has 0 fully saturated rings. The molecular weight excluding hydrogens is 332 g/mol. The fourth-order valence-corrected chi connectivity index (χ4v) is 4.20. The fraction of sp³-hybridized carbons (Fsp3) is 0.176. The molecule has 0 amide bonds. The van der Waals surface area contributed by atoms with Gasteiger partial charge in [0.25, 0.3) is 0 Å². The second kappa shape index (κ2) is 8.08. The molecule has 1 heterocycles. The van der Waals surface area contributed by atoms with E-state index in [9.17, 15) is 9.59 Å². The Kier molecular flexibility index (Phi) is 6.12. The third kappa shape index (κ3) is 4.30. The van der Waals surface area contributed by atoms with Crippen molar-refractivity contribution in [2.45, 2.75) is 6.92 Å². The van der Waals surface area contributed by atoms with Crippen LogP contribution in [0.2, 0.25) is 0 Å². The van der Waals surface area contributed by atoms with Crippen LogP contribution in [0.3, 0.4) is 0 Å². The Morgan fingerprint density at radius 1 is 0.957 bits per heavy atom. The van der Waals surface area contributed by atoms with E-state index in [2.05, 4.69) is 0 Å². The number of methoxy groups -OCH3 is 2. The summed E-state index contributed by atoms with van der Waals surface area (Å²) in [5.74, 6) is -1.06. The zero-order valence-electron chi connectivity index (χ0n) is 13.0. The number of allylic oxidation sites excluding steroid dienone is 2. The second-order valence-corrected chi connectivity index (χ2v) is 6.86. The number of carbonyl (C=O) groups is 2. The predicted octanol–water partition coefficient (Wildman–Crippen LogP) is 3.97. The highest BCUT2D eigenvalue weighted by molar-refractivity contribution is 8.29. The number of thioether (sulfide) groups is 2. The van der Waals surface area contributed by atoms with Gasteiger partial charge in [-0.1, -0.05) is 66.0 Å². The van der Waals surface area contributed by atoms with Gasteiger partial charge in [0.05, 0.1) is 18.5 Å². The van der Waals surface area contributed by atoms with Crippen molar-refractivity contribution in [1.82, 2.24) is 0 Å². The molecule has 0 unspecified atom stereocenters. The molecular formula is C17H16O4S2. The van der Waals surface area contributed by atoms with Crippen LogP contribution in [0.25, 0.3) is 6.08 Å². The lowest BCUT2D eigenvalue weighted by atomic mass is 10.2. The van der Waals surface area contributed by atoms with Crippen LogP contribution in [0, 0.1) is 0 Å². The van der Waals surface area contributed by atoms with Gasteiger partial charge < -0.3 is 9.47 Å². The van der Waals surface area contributed by atoms with E-state index in [-0.39, 0.29) is 9.81 Å². The maximum atomic E-state index is 11.8. The maximum Gasteiger partial charge on any atom is 0.346 e. The second-order valence-electron chi connectivity index (χ2n) is 4.56. The summed E-state index contributed by atoms with van der Waals surface area (Å²) in [5, 5.41) is 0. The van der Waals surface area contributed by atoms with Crippen molar-refractivity contribution in [2.75, 3.05) is 14.2 Å². The molecule has 1 aliphatic heterocycles. The van der Waals surface area contributed by atoms with Gasteiger partial charge in [0, 0.05) is 0 Å². The average Bonchev–Trinajstić information content (AvgIpc) is 3.04. The summed E-state index contributed by atoms with van der Waals surface area (Å²) in [6, 6.07) is 9.89. The van der Waals surface area contributed by atoms with Crippen LogP contribution in [0.15, 0.2) is 56.0 Å². The Labute approximate surface area is 143 Å². The summed E-state index contributed by atoms with van der Waals surface area (Å²) < 4.78 is 10.3. The largest absolute Gasteiger partial charge is 0.465 e. The first-order valence-corrected chi connectivity index (χ1v) is 8.40. The lowest BCUT2D eigenvalue weighted by Gasteiger charge is -2.00. The molecule has 23 heavy (non-hydrogen) atoms. The van der Waals surface area contributed by atoms with Crippen molar-refractivity contribution in [3.8, 4) is 0 Å². The van der Waals surface area contributed by atoms with E-state index in [1.54, 1.807) is 0 Å². The van der Waals surface area contributed by atoms with Crippen LogP contribution < -0.4 is 0 Å². The highest BCUT2D eigenvalue weighted by Gasteiger charge is 2.32. The molecule has 0 spiro atoms. The van der Waals surface area contributed by atoms with Crippen LogP contribution >= 0.6 is 23.5 Å². The van der Waals surface area contributed by atoms with Crippen molar-refractivity contribution in [2.24, 2.45) is 0 Å². The Balaban J connectivity index is 2.24. The average molecular weight is 348 g/mol. The van der Waals surface area contributed by atoms with E-state index in [0.717, 1.165) is 15.4 Å². The molecule has 0 N–H and O–H groups in total. The number of esters is 2. The Morgan fingerprint density at radius 3 is 1.96 bits per heavy atom. The Morgan fingerprint density at radius 2 is 1.48 bits per heavy atom. The van der Waals surface area contributed by atoms with Gasteiger partial charge in [0.1, 0.15) is 9.81 Å². The molecule has 0 radical (unpaired) electrons. The third-order valence-electron chi connectivity index (χ3n) is 2.98. The molecule has 0 aromatic heterocycles. The highest BCUT2D eigenvalue weighted by atomic mass is 32.2. The molecule has 6 heteroatoms. The van der Waals surface area contributed by atoms with Crippen LogP contribution in [-0.4, -0.2) is 26.2 Å². The molecule has 0 aliphatic carbocycles. The minimum absolute atomic E-state index is 0.270. The number of benzene rings is 1. The van der Waals surface area contributed by atoms with Crippen LogP contribution in [0.4, 0.5) is 0 Å². The minimum atomic E-state index is -0.530. The molecule has 0 saturated heterocycles. The zero-order chi connectivity index (χ0) is 16.8. The summed E-state index contributed by atoms with van der Waals surface area (Å²) in [6.07, 6.45) is 3.94.